The minimum atomic E-state index is -0.467. The number of hydrogen-bond donors (Lipinski definition) is 0. The molecule has 1 heterocycles. The molecular formula is C23H26N2O4. The SMILES string of the molecule is COC(=O)CN(Cc1ccccc1C)C(=O)c1cccc(CN2CCCC2=O)c1. The highest BCUT2D eigenvalue weighted by Gasteiger charge is 2.23. The van der Waals surface area contributed by atoms with Crippen molar-refractivity contribution in [3.05, 3.63) is 70.8 Å². The third kappa shape index (κ3) is 5.22. The van der Waals surface area contributed by atoms with Gasteiger partial charge in [-0.2, -0.15) is 0 Å². The van der Waals surface area contributed by atoms with Crippen LogP contribution in [0, 0.1) is 6.92 Å². The second-order valence-electron chi connectivity index (χ2n) is 7.28. The number of ether oxygens (including phenoxy) is 1. The lowest BCUT2D eigenvalue weighted by Crippen LogP contribution is -2.36. The number of carbonyl (C=O) groups is 3. The van der Waals surface area contributed by atoms with Crippen LogP contribution in [0.2, 0.25) is 0 Å². The summed E-state index contributed by atoms with van der Waals surface area (Å²) in [5, 5.41) is 0. The number of carbonyl (C=O) groups excluding carboxylic acids is 3. The van der Waals surface area contributed by atoms with Crippen LogP contribution in [0.5, 0.6) is 0 Å². The molecule has 2 aromatic rings. The quantitative estimate of drug-likeness (QED) is 0.677. The van der Waals surface area contributed by atoms with Gasteiger partial charge < -0.3 is 14.5 Å². The van der Waals surface area contributed by atoms with Crippen LogP contribution >= 0.6 is 0 Å². The third-order valence-corrected chi connectivity index (χ3v) is 5.18. The summed E-state index contributed by atoms with van der Waals surface area (Å²) in [6, 6.07) is 15.0. The summed E-state index contributed by atoms with van der Waals surface area (Å²) in [5.41, 5.74) is 3.42. The lowest BCUT2D eigenvalue weighted by atomic mass is 10.1. The highest BCUT2D eigenvalue weighted by molar-refractivity contribution is 5.96. The molecule has 152 valence electrons. The first-order valence-electron chi connectivity index (χ1n) is 9.75. The Hall–Kier alpha value is -3.15. The van der Waals surface area contributed by atoms with Crippen LogP contribution in [-0.2, 0) is 27.4 Å². The smallest absolute Gasteiger partial charge is 0.325 e. The van der Waals surface area contributed by atoms with Crippen molar-refractivity contribution in [1.29, 1.82) is 0 Å². The topological polar surface area (TPSA) is 66.9 Å². The summed E-state index contributed by atoms with van der Waals surface area (Å²) in [4.78, 5) is 40.3. The molecule has 1 aliphatic heterocycles. The summed E-state index contributed by atoms with van der Waals surface area (Å²) < 4.78 is 4.78. The predicted octanol–water partition coefficient (Wildman–Crippen LogP) is 2.93. The number of methoxy groups -OCH3 is 1. The zero-order valence-electron chi connectivity index (χ0n) is 16.9. The zero-order valence-corrected chi connectivity index (χ0v) is 16.9. The summed E-state index contributed by atoms with van der Waals surface area (Å²) in [5.74, 6) is -0.562. The number of amides is 2. The van der Waals surface area contributed by atoms with Gasteiger partial charge in [0.05, 0.1) is 7.11 Å². The van der Waals surface area contributed by atoms with Crippen molar-refractivity contribution in [2.24, 2.45) is 0 Å². The molecular weight excluding hydrogens is 368 g/mol. The van der Waals surface area contributed by atoms with Crippen molar-refractivity contribution in [2.75, 3.05) is 20.2 Å². The monoisotopic (exact) mass is 394 g/mol. The van der Waals surface area contributed by atoms with Crippen LogP contribution in [0.1, 0.15) is 39.9 Å². The fraction of sp³-hybridized carbons (Fsp3) is 0.348. The maximum atomic E-state index is 13.2. The number of rotatable bonds is 7. The lowest BCUT2D eigenvalue weighted by molar-refractivity contribution is -0.141. The van der Waals surface area contributed by atoms with Crippen molar-refractivity contribution in [2.45, 2.75) is 32.9 Å². The van der Waals surface area contributed by atoms with Gasteiger partial charge in [-0.3, -0.25) is 14.4 Å². The molecule has 0 spiro atoms. The summed E-state index contributed by atoms with van der Waals surface area (Å²) in [7, 11) is 1.31. The molecule has 1 aliphatic rings. The van der Waals surface area contributed by atoms with Crippen LogP contribution < -0.4 is 0 Å². The lowest BCUT2D eigenvalue weighted by Gasteiger charge is -2.23. The van der Waals surface area contributed by atoms with Crippen molar-refractivity contribution in [1.82, 2.24) is 9.80 Å². The molecule has 1 fully saturated rings. The molecule has 0 aliphatic carbocycles. The molecule has 0 radical (unpaired) electrons. The Kier molecular flexibility index (Phi) is 6.65. The first-order chi connectivity index (χ1) is 14.0. The normalized spacial score (nSPS) is 13.4. The van der Waals surface area contributed by atoms with Crippen molar-refractivity contribution in [3.8, 4) is 0 Å². The van der Waals surface area contributed by atoms with E-state index in [9.17, 15) is 14.4 Å². The number of hydrogen-bond acceptors (Lipinski definition) is 4. The Labute approximate surface area is 171 Å². The molecule has 0 bridgehead atoms. The summed E-state index contributed by atoms with van der Waals surface area (Å²) in [6.45, 7) is 3.41. The first kappa shape index (κ1) is 20.6. The Morgan fingerprint density at radius 3 is 2.62 bits per heavy atom. The molecule has 0 saturated carbocycles. The number of likely N-dealkylation sites (tertiary alicyclic amines) is 1. The van der Waals surface area contributed by atoms with Crippen LogP contribution in [0.25, 0.3) is 0 Å². The van der Waals surface area contributed by atoms with E-state index in [0.717, 1.165) is 29.7 Å². The van der Waals surface area contributed by atoms with Crippen LogP contribution in [0.15, 0.2) is 48.5 Å². The van der Waals surface area contributed by atoms with E-state index >= 15 is 0 Å². The average molecular weight is 394 g/mol. The fourth-order valence-electron chi connectivity index (χ4n) is 3.49. The van der Waals surface area contributed by atoms with Gasteiger partial charge >= 0.3 is 5.97 Å². The van der Waals surface area contributed by atoms with Crippen molar-refractivity contribution in [3.63, 3.8) is 0 Å². The first-order valence-corrected chi connectivity index (χ1v) is 9.75. The van der Waals surface area contributed by atoms with E-state index in [1.807, 2.05) is 48.2 Å². The van der Waals surface area contributed by atoms with Crippen LogP contribution in [0.4, 0.5) is 0 Å². The minimum Gasteiger partial charge on any atom is -0.468 e. The van der Waals surface area contributed by atoms with Gasteiger partial charge in [0, 0.05) is 31.6 Å². The molecule has 0 aromatic heterocycles. The predicted molar refractivity (Wildman–Crippen MR) is 109 cm³/mol. The Morgan fingerprint density at radius 1 is 1.14 bits per heavy atom. The highest BCUT2D eigenvalue weighted by atomic mass is 16.5. The van der Waals surface area contributed by atoms with E-state index in [1.165, 1.54) is 12.0 Å². The highest BCUT2D eigenvalue weighted by Crippen LogP contribution is 2.18. The van der Waals surface area contributed by atoms with E-state index < -0.39 is 5.97 Å². The Morgan fingerprint density at radius 2 is 1.93 bits per heavy atom. The van der Waals surface area contributed by atoms with Crippen LogP contribution in [0.3, 0.4) is 0 Å². The molecule has 0 unspecified atom stereocenters. The Balaban J connectivity index is 1.81. The van der Waals surface area contributed by atoms with Gasteiger partial charge in [0.1, 0.15) is 6.54 Å². The second kappa shape index (κ2) is 9.37. The standard InChI is InChI=1S/C23H26N2O4/c1-17-7-3-4-9-20(17)15-25(16-22(27)29-2)23(28)19-10-5-8-18(13-19)14-24-12-6-11-21(24)26/h3-5,7-10,13H,6,11-12,14-16H2,1-2H3. The van der Waals surface area contributed by atoms with Crippen molar-refractivity contribution >= 4 is 17.8 Å². The minimum absolute atomic E-state index is 0.126. The summed E-state index contributed by atoms with van der Waals surface area (Å²) >= 11 is 0. The van der Waals surface area contributed by atoms with Gasteiger partial charge in [0.25, 0.3) is 5.91 Å². The number of nitrogens with zero attached hydrogens (tertiary/aromatic N) is 2. The van der Waals surface area contributed by atoms with E-state index in [0.29, 0.717) is 25.1 Å². The van der Waals surface area contributed by atoms with E-state index in [2.05, 4.69) is 0 Å². The van der Waals surface area contributed by atoms with E-state index in [4.69, 9.17) is 4.74 Å². The van der Waals surface area contributed by atoms with Gasteiger partial charge in [0.15, 0.2) is 0 Å². The van der Waals surface area contributed by atoms with Crippen LogP contribution in [-0.4, -0.2) is 47.8 Å². The molecule has 3 rings (SSSR count). The Bertz CT molecular complexity index is 909. The number of aryl methyl sites for hydroxylation is 1. The molecule has 29 heavy (non-hydrogen) atoms. The molecule has 1 saturated heterocycles. The molecule has 0 N–H and O–H groups in total. The van der Waals surface area contributed by atoms with Gasteiger partial charge in [0.2, 0.25) is 5.91 Å². The van der Waals surface area contributed by atoms with E-state index in [-0.39, 0.29) is 18.4 Å². The maximum absolute atomic E-state index is 13.2. The van der Waals surface area contributed by atoms with Crippen molar-refractivity contribution < 1.29 is 19.1 Å². The maximum Gasteiger partial charge on any atom is 0.325 e. The molecule has 2 aromatic carbocycles. The molecule has 0 atom stereocenters. The summed E-state index contributed by atoms with van der Waals surface area (Å²) in [6.07, 6.45) is 1.46. The zero-order chi connectivity index (χ0) is 20.8. The largest absolute Gasteiger partial charge is 0.468 e. The van der Waals surface area contributed by atoms with Gasteiger partial charge in [-0.15, -0.1) is 0 Å². The van der Waals surface area contributed by atoms with E-state index in [1.54, 1.807) is 12.1 Å². The van der Waals surface area contributed by atoms with Gasteiger partial charge in [-0.05, 0) is 42.2 Å². The number of benzene rings is 2. The fourth-order valence-corrected chi connectivity index (χ4v) is 3.49. The third-order valence-electron chi connectivity index (χ3n) is 5.18. The molecule has 6 heteroatoms. The molecule has 2 amide bonds. The average Bonchev–Trinajstić information content (AvgIpc) is 3.13. The number of esters is 1. The van der Waals surface area contributed by atoms with Gasteiger partial charge in [-0.1, -0.05) is 36.4 Å². The van der Waals surface area contributed by atoms with Gasteiger partial charge in [-0.25, -0.2) is 0 Å². The molecule has 6 nitrogen and oxygen atoms in total. The second-order valence-corrected chi connectivity index (χ2v) is 7.28.